The first-order valence-electron chi connectivity index (χ1n) is 17.3. The zero-order chi connectivity index (χ0) is 34.0. The second-order valence-electron chi connectivity index (χ2n) is 16.4. The Labute approximate surface area is 287 Å². The summed E-state index contributed by atoms with van der Waals surface area (Å²) in [4.78, 5) is 6.37. The van der Waals surface area contributed by atoms with Crippen LogP contribution in [-0.4, -0.2) is 13.1 Å². The summed E-state index contributed by atoms with van der Waals surface area (Å²) in [6.07, 6.45) is 0. The molecule has 242 valence electrons. The number of aromatic nitrogens is 1. The lowest BCUT2D eigenvalue weighted by Crippen LogP contribution is -2.42. The molecular formula is C45H48N2Si. The van der Waals surface area contributed by atoms with Gasteiger partial charge in [0.1, 0.15) is 0 Å². The number of fused-ring (bicyclic) bond motifs is 5. The van der Waals surface area contributed by atoms with Crippen LogP contribution in [0.3, 0.4) is 0 Å². The molecule has 7 aromatic rings. The van der Waals surface area contributed by atoms with Crippen LogP contribution in [-0.2, 0) is 10.8 Å². The van der Waals surface area contributed by atoms with E-state index in [9.17, 15) is 0 Å². The molecule has 3 heteroatoms. The van der Waals surface area contributed by atoms with E-state index in [-0.39, 0.29) is 10.8 Å². The SMILES string of the molecule is CC(C)(C)c1ccc(N(c2ccc(C(C)(C)C)cc2)c2cccc(-c3cccc4c3[nH]c3ccc5ccccc5c34)c2[Si](C)(C)C)cc1. The van der Waals surface area contributed by atoms with Gasteiger partial charge in [-0.2, -0.15) is 0 Å². The van der Waals surface area contributed by atoms with Gasteiger partial charge in [0.2, 0.25) is 0 Å². The second-order valence-corrected chi connectivity index (χ2v) is 21.4. The van der Waals surface area contributed by atoms with Crippen LogP contribution in [0.1, 0.15) is 52.7 Å². The third-order valence-corrected chi connectivity index (χ3v) is 11.9. The van der Waals surface area contributed by atoms with Crippen molar-refractivity contribution in [3.8, 4) is 11.1 Å². The largest absolute Gasteiger partial charge is 0.354 e. The van der Waals surface area contributed by atoms with Crippen LogP contribution in [0, 0.1) is 0 Å². The van der Waals surface area contributed by atoms with Gasteiger partial charge >= 0.3 is 0 Å². The molecule has 0 unspecified atom stereocenters. The van der Waals surface area contributed by atoms with Crippen LogP contribution >= 0.6 is 0 Å². The van der Waals surface area contributed by atoms with E-state index in [0.29, 0.717) is 0 Å². The monoisotopic (exact) mass is 644 g/mol. The minimum absolute atomic E-state index is 0.0880. The van der Waals surface area contributed by atoms with Crippen molar-refractivity contribution in [2.45, 2.75) is 72.0 Å². The van der Waals surface area contributed by atoms with Crippen molar-refractivity contribution in [1.29, 1.82) is 0 Å². The molecule has 0 saturated carbocycles. The van der Waals surface area contributed by atoms with Gasteiger partial charge in [0, 0.05) is 38.9 Å². The number of hydrogen-bond acceptors (Lipinski definition) is 1. The fourth-order valence-electron chi connectivity index (χ4n) is 7.31. The van der Waals surface area contributed by atoms with Crippen LogP contribution in [0.25, 0.3) is 43.7 Å². The van der Waals surface area contributed by atoms with Crippen LogP contribution in [0.2, 0.25) is 19.6 Å². The molecule has 1 N–H and O–H groups in total. The first kappa shape index (κ1) is 32.0. The van der Waals surface area contributed by atoms with Gasteiger partial charge in [-0.1, -0.05) is 146 Å². The fourth-order valence-corrected chi connectivity index (χ4v) is 9.30. The lowest BCUT2D eigenvalue weighted by Gasteiger charge is -2.34. The molecule has 0 radical (unpaired) electrons. The van der Waals surface area contributed by atoms with Crippen molar-refractivity contribution in [3.63, 3.8) is 0 Å². The first-order chi connectivity index (χ1) is 22.7. The second kappa shape index (κ2) is 11.5. The lowest BCUT2D eigenvalue weighted by molar-refractivity contribution is 0.590. The summed E-state index contributed by atoms with van der Waals surface area (Å²) in [6.45, 7) is 21.1. The highest BCUT2D eigenvalue weighted by atomic mass is 28.3. The molecule has 1 heterocycles. The van der Waals surface area contributed by atoms with E-state index in [0.717, 1.165) is 0 Å². The molecule has 0 aliphatic heterocycles. The quantitative estimate of drug-likeness (QED) is 0.185. The van der Waals surface area contributed by atoms with Crippen molar-refractivity contribution in [2.75, 3.05) is 4.90 Å². The van der Waals surface area contributed by atoms with E-state index in [4.69, 9.17) is 0 Å². The zero-order valence-electron chi connectivity index (χ0n) is 30.0. The summed E-state index contributed by atoms with van der Waals surface area (Å²) in [7, 11) is -1.94. The number of hydrogen-bond donors (Lipinski definition) is 1. The molecule has 1 aromatic heterocycles. The van der Waals surface area contributed by atoms with E-state index >= 15 is 0 Å². The number of nitrogens with one attached hydrogen (secondary N) is 1. The fraction of sp³-hybridized carbons (Fsp3) is 0.244. The summed E-state index contributed by atoms with van der Waals surface area (Å²) >= 11 is 0. The molecular weight excluding hydrogens is 597 g/mol. The number of benzene rings is 6. The Hall–Kier alpha value is -4.60. The minimum Gasteiger partial charge on any atom is -0.354 e. The predicted octanol–water partition coefficient (Wildman–Crippen LogP) is 12.8. The standard InChI is InChI=1S/C45H48N2Si/c1-44(2,3)31-21-25-33(26-22-31)47(34-27-23-32(24-28-34)45(4,5)6)40-19-13-17-37(43(40)48(7,8)9)36-16-12-18-38-41-35-15-11-10-14-30(35)20-29-39(41)46-42(36)38/h10-29,46H,1-9H3. The van der Waals surface area contributed by atoms with Crippen LogP contribution in [0.5, 0.6) is 0 Å². The van der Waals surface area contributed by atoms with Crippen molar-refractivity contribution < 1.29 is 0 Å². The first-order valence-corrected chi connectivity index (χ1v) is 20.8. The third kappa shape index (κ3) is 5.64. The Kier molecular flexibility index (Phi) is 7.68. The van der Waals surface area contributed by atoms with Crippen LogP contribution in [0.15, 0.2) is 121 Å². The smallest absolute Gasteiger partial charge is 0.0811 e. The molecule has 0 amide bonds. The normalized spacial score (nSPS) is 12.7. The Balaban J connectivity index is 1.49. The zero-order valence-corrected chi connectivity index (χ0v) is 31.0. The van der Waals surface area contributed by atoms with Gasteiger partial charge in [-0.25, -0.2) is 0 Å². The Morgan fingerprint density at radius 2 is 1.06 bits per heavy atom. The molecule has 0 fully saturated rings. The molecule has 0 bridgehead atoms. The van der Waals surface area contributed by atoms with Crippen molar-refractivity contribution >= 4 is 62.9 Å². The molecule has 0 aliphatic rings. The number of para-hydroxylation sites is 1. The van der Waals surface area contributed by atoms with E-state index in [1.165, 1.54) is 77.1 Å². The van der Waals surface area contributed by atoms with E-state index in [1.54, 1.807) is 0 Å². The molecule has 48 heavy (non-hydrogen) atoms. The van der Waals surface area contributed by atoms with E-state index < -0.39 is 8.07 Å². The summed E-state index contributed by atoms with van der Waals surface area (Å²) in [5, 5.41) is 6.60. The van der Waals surface area contributed by atoms with Gasteiger partial charge < -0.3 is 9.88 Å². The highest BCUT2D eigenvalue weighted by Gasteiger charge is 2.30. The minimum atomic E-state index is -1.94. The number of rotatable bonds is 5. The maximum atomic E-state index is 3.87. The lowest BCUT2D eigenvalue weighted by atomic mass is 9.86. The summed E-state index contributed by atoms with van der Waals surface area (Å²) < 4.78 is 0. The summed E-state index contributed by atoms with van der Waals surface area (Å²) in [5.74, 6) is 0. The van der Waals surface area contributed by atoms with Crippen molar-refractivity contribution in [2.24, 2.45) is 0 Å². The Bertz CT molecular complexity index is 2210. The summed E-state index contributed by atoms with van der Waals surface area (Å²) in [5.41, 5.74) is 11.4. The Morgan fingerprint density at radius 1 is 0.521 bits per heavy atom. The molecule has 6 aromatic carbocycles. The van der Waals surface area contributed by atoms with Crippen molar-refractivity contribution in [3.05, 3.63) is 132 Å². The van der Waals surface area contributed by atoms with Gasteiger partial charge in [0.05, 0.1) is 13.6 Å². The molecule has 2 nitrogen and oxygen atoms in total. The maximum absolute atomic E-state index is 3.87. The van der Waals surface area contributed by atoms with E-state index in [2.05, 4.69) is 192 Å². The van der Waals surface area contributed by atoms with Gasteiger partial charge in [0.15, 0.2) is 0 Å². The van der Waals surface area contributed by atoms with Gasteiger partial charge in [-0.3, -0.25) is 0 Å². The molecule has 7 rings (SSSR count). The van der Waals surface area contributed by atoms with Gasteiger partial charge in [-0.05, 0) is 79.9 Å². The number of nitrogens with zero attached hydrogens (tertiary/aromatic N) is 1. The molecule has 0 saturated heterocycles. The third-order valence-electron chi connectivity index (χ3n) is 9.83. The highest BCUT2D eigenvalue weighted by molar-refractivity contribution is 6.91. The molecule has 0 atom stereocenters. The predicted molar refractivity (Wildman–Crippen MR) is 214 cm³/mol. The number of aromatic amines is 1. The average Bonchev–Trinajstić information content (AvgIpc) is 3.44. The highest BCUT2D eigenvalue weighted by Crippen LogP contribution is 2.41. The Morgan fingerprint density at radius 3 is 1.65 bits per heavy atom. The van der Waals surface area contributed by atoms with Gasteiger partial charge in [0.25, 0.3) is 0 Å². The molecule has 0 spiro atoms. The maximum Gasteiger partial charge on any atom is 0.0811 e. The average molecular weight is 645 g/mol. The van der Waals surface area contributed by atoms with Gasteiger partial charge in [-0.15, -0.1) is 0 Å². The molecule has 0 aliphatic carbocycles. The number of anilines is 3. The van der Waals surface area contributed by atoms with Crippen LogP contribution in [0.4, 0.5) is 17.1 Å². The topological polar surface area (TPSA) is 19.0 Å². The summed E-state index contributed by atoms with van der Waals surface area (Å²) in [6, 6.07) is 45.4. The number of H-pyrrole nitrogens is 1. The van der Waals surface area contributed by atoms with E-state index in [1.807, 2.05) is 0 Å². The van der Waals surface area contributed by atoms with Crippen molar-refractivity contribution in [1.82, 2.24) is 4.98 Å². The van der Waals surface area contributed by atoms with Crippen LogP contribution < -0.4 is 10.1 Å².